The van der Waals surface area contributed by atoms with Crippen LogP contribution in [0.2, 0.25) is 0 Å². The summed E-state index contributed by atoms with van der Waals surface area (Å²) in [5.74, 6) is 0.733. The lowest BCUT2D eigenvalue weighted by Crippen LogP contribution is -2.36. The predicted molar refractivity (Wildman–Crippen MR) is 74.5 cm³/mol. The van der Waals surface area contributed by atoms with Gasteiger partial charge in [-0.15, -0.1) is 0 Å². The lowest BCUT2D eigenvalue weighted by molar-refractivity contribution is 0.383. The first-order chi connectivity index (χ1) is 8.36. The molecule has 1 aromatic carbocycles. The van der Waals surface area contributed by atoms with Gasteiger partial charge in [0.05, 0.1) is 0 Å². The van der Waals surface area contributed by atoms with Crippen LogP contribution in [-0.2, 0) is 6.42 Å². The van der Waals surface area contributed by atoms with Crippen LogP contribution in [0.15, 0.2) is 24.3 Å². The van der Waals surface area contributed by atoms with E-state index >= 15 is 0 Å². The molecule has 1 aliphatic rings. The minimum absolute atomic E-state index is 0.663. The highest BCUT2D eigenvalue weighted by Crippen LogP contribution is 2.34. The molecule has 0 aliphatic heterocycles. The molecule has 94 valence electrons. The summed E-state index contributed by atoms with van der Waals surface area (Å²) < 4.78 is 0. The fourth-order valence-corrected chi connectivity index (χ4v) is 3.11. The molecule has 2 atom stereocenters. The van der Waals surface area contributed by atoms with Crippen molar-refractivity contribution in [2.24, 2.45) is 0 Å². The van der Waals surface area contributed by atoms with Crippen molar-refractivity contribution in [1.82, 2.24) is 5.32 Å². The highest BCUT2D eigenvalue weighted by molar-refractivity contribution is 5.33. The Labute approximate surface area is 106 Å². The Kier molecular flexibility index (Phi) is 4.61. The Balaban J connectivity index is 2.15. The Morgan fingerprint density at radius 2 is 2.12 bits per heavy atom. The van der Waals surface area contributed by atoms with E-state index in [1.165, 1.54) is 32.1 Å². The fourth-order valence-electron chi connectivity index (χ4n) is 3.11. The molecule has 0 saturated carbocycles. The molecule has 1 aliphatic carbocycles. The Bertz CT molecular complexity index is 345. The van der Waals surface area contributed by atoms with E-state index in [2.05, 4.69) is 43.4 Å². The highest BCUT2D eigenvalue weighted by atomic mass is 14.9. The van der Waals surface area contributed by atoms with Gasteiger partial charge < -0.3 is 5.32 Å². The fraction of sp³-hybridized carbons (Fsp3) is 0.625. The highest BCUT2D eigenvalue weighted by Gasteiger charge is 2.25. The van der Waals surface area contributed by atoms with Crippen LogP contribution in [0, 0.1) is 0 Å². The normalized spacial score (nSPS) is 20.9. The number of fused-ring (bicyclic) bond motifs is 1. The van der Waals surface area contributed by atoms with Crippen molar-refractivity contribution in [3.8, 4) is 0 Å². The summed E-state index contributed by atoms with van der Waals surface area (Å²) in [6.07, 6.45) is 6.44. The molecule has 0 radical (unpaired) electrons. The zero-order valence-corrected chi connectivity index (χ0v) is 11.2. The molecular weight excluding hydrogens is 206 g/mol. The van der Waals surface area contributed by atoms with Crippen LogP contribution in [0.3, 0.4) is 0 Å². The van der Waals surface area contributed by atoms with Gasteiger partial charge in [-0.3, -0.25) is 0 Å². The molecule has 0 spiro atoms. The molecule has 1 N–H and O–H groups in total. The van der Waals surface area contributed by atoms with E-state index in [4.69, 9.17) is 0 Å². The van der Waals surface area contributed by atoms with E-state index < -0.39 is 0 Å². The summed E-state index contributed by atoms with van der Waals surface area (Å²) in [7, 11) is 0. The van der Waals surface area contributed by atoms with E-state index in [1.807, 2.05) is 0 Å². The number of hydrogen-bond acceptors (Lipinski definition) is 1. The topological polar surface area (TPSA) is 12.0 Å². The number of hydrogen-bond donors (Lipinski definition) is 1. The Morgan fingerprint density at radius 1 is 1.29 bits per heavy atom. The molecule has 2 rings (SSSR count). The third-order valence-electron chi connectivity index (χ3n) is 4.00. The van der Waals surface area contributed by atoms with E-state index in [1.54, 1.807) is 11.1 Å². The summed E-state index contributed by atoms with van der Waals surface area (Å²) in [4.78, 5) is 0. The lowest BCUT2D eigenvalue weighted by atomic mass is 9.78. The molecule has 1 heteroatoms. The maximum Gasteiger partial charge on any atom is 0.0133 e. The minimum Gasteiger partial charge on any atom is -0.313 e. The van der Waals surface area contributed by atoms with E-state index in [0.29, 0.717) is 6.04 Å². The van der Waals surface area contributed by atoms with Crippen molar-refractivity contribution >= 4 is 0 Å². The standard InChI is InChI=1S/C16H25N/c1-3-12-17-16(4-2)15-11-7-9-13-8-5-6-10-14(13)15/h5-6,8,10,15-17H,3-4,7,9,11-12H2,1-2H3. The monoisotopic (exact) mass is 231 g/mol. The van der Waals surface area contributed by atoms with Gasteiger partial charge >= 0.3 is 0 Å². The molecule has 0 saturated heterocycles. The Hall–Kier alpha value is -0.820. The van der Waals surface area contributed by atoms with Crippen LogP contribution >= 0.6 is 0 Å². The first kappa shape index (κ1) is 12.6. The quantitative estimate of drug-likeness (QED) is 0.811. The van der Waals surface area contributed by atoms with Crippen molar-refractivity contribution in [3.05, 3.63) is 35.4 Å². The number of nitrogens with one attached hydrogen (secondary N) is 1. The molecule has 1 nitrogen and oxygen atoms in total. The van der Waals surface area contributed by atoms with Gasteiger partial charge in [0, 0.05) is 6.04 Å². The average Bonchev–Trinajstić information content (AvgIpc) is 2.40. The van der Waals surface area contributed by atoms with Crippen LogP contribution in [0.4, 0.5) is 0 Å². The molecule has 0 fully saturated rings. The number of rotatable bonds is 5. The van der Waals surface area contributed by atoms with Gasteiger partial charge in [0.25, 0.3) is 0 Å². The van der Waals surface area contributed by atoms with Crippen LogP contribution in [0.1, 0.15) is 56.6 Å². The molecule has 0 amide bonds. The molecule has 0 heterocycles. The maximum absolute atomic E-state index is 3.73. The van der Waals surface area contributed by atoms with Crippen molar-refractivity contribution < 1.29 is 0 Å². The largest absolute Gasteiger partial charge is 0.313 e. The molecule has 1 aromatic rings. The van der Waals surface area contributed by atoms with Crippen LogP contribution < -0.4 is 5.32 Å². The van der Waals surface area contributed by atoms with E-state index in [0.717, 1.165) is 12.5 Å². The molecule has 0 bridgehead atoms. The molecular formula is C16H25N. The van der Waals surface area contributed by atoms with Gasteiger partial charge in [-0.25, -0.2) is 0 Å². The smallest absolute Gasteiger partial charge is 0.0133 e. The number of aryl methyl sites for hydroxylation is 1. The summed E-state index contributed by atoms with van der Waals surface area (Å²) in [6, 6.07) is 9.70. The first-order valence-corrected chi connectivity index (χ1v) is 7.18. The van der Waals surface area contributed by atoms with E-state index in [9.17, 15) is 0 Å². The average molecular weight is 231 g/mol. The summed E-state index contributed by atoms with van der Waals surface area (Å²) in [5.41, 5.74) is 3.19. The lowest BCUT2D eigenvalue weighted by Gasteiger charge is -2.32. The van der Waals surface area contributed by atoms with Crippen LogP contribution in [0.5, 0.6) is 0 Å². The van der Waals surface area contributed by atoms with E-state index in [-0.39, 0.29) is 0 Å². The predicted octanol–water partition coefficient (Wildman–Crippen LogP) is 3.88. The first-order valence-electron chi connectivity index (χ1n) is 7.18. The molecule has 17 heavy (non-hydrogen) atoms. The van der Waals surface area contributed by atoms with Gasteiger partial charge in [-0.05, 0) is 55.7 Å². The molecule has 0 aromatic heterocycles. The minimum atomic E-state index is 0.663. The zero-order chi connectivity index (χ0) is 12.1. The van der Waals surface area contributed by atoms with Crippen molar-refractivity contribution in [2.45, 2.75) is 57.9 Å². The zero-order valence-electron chi connectivity index (χ0n) is 11.2. The van der Waals surface area contributed by atoms with Crippen molar-refractivity contribution in [2.75, 3.05) is 6.54 Å². The van der Waals surface area contributed by atoms with Gasteiger partial charge in [-0.2, -0.15) is 0 Å². The maximum atomic E-state index is 3.73. The van der Waals surface area contributed by atoms with Crippen molar-refractivity contribution in [1.29, 1.82) is 0 Å². The summed E-state index contributed by atoms with van der Waals surface area (Å²) in [5, 5.41) is 3.73. The van der Waals surface area contributed by atoms with Crippen LogP contribution in [0.25, 0.3) is 0 Å². The molecule has 2 unspecified atom stereocenters. The SMILES string of the molecule is CCCNC(CC)C1CCCc2ccccc21. The third kappa shape index (κ3) is 2.90. The summed E-state index contributed by atoms with van der Waals surface area (Å²) in [6.45, 7) is 5.70. The van der Waals surface area contributed by atoms with Gasteiger partial charge in [0.15, 0.2) is 0 Å². The Morgan fingerprint density at radius 3 is 2.88 bits per heavy atom. The van der Waals surface area contributed by atoms with Gasteiger partial charge in [-0.1, -0.05) is 38.1 Å². The van der Waals surface area contributed by atoms with Crippen LogP contribution in [-0.4, -0.2) is 12.6 Å². The third-order valence-corrected chi connectivity index (χ3v) is 4.00. The summed E-state index contributed by atoms with van der Waals surface area (Å²) >= 11 is 0. The second-order valence-corrected chi connectivity index (χ2v) is 5.17. The second-order valence-electron chi connectivity index (χ2n) is 5.17. The second kappa shape index (κ2) is 6.20. The number of benzene rings is 1. The van der Waals surface area contributed by atoms with Crippen molar-refractivity contribution in [3.63, 3.8) is 0 Å². The van der Waals surface area contributed by atoms with Gasteiger partial charge in [0.2, 0.25) is 0 Å². The van der Waals surface area contributed by atoms with Gasteiger partial charge in [0.1, 0.15) is 0 Å².